The molecule has 16 heavy (non-hydrogen) atoms. The summed E-state index contributed by atoms with van der Waals surface area (Å²) in [6.45, 7) is 0. The van der Waals surface area contributed by atoms with Crippen LogP contribution in [0.15, 0.2) is 23.4 Å². The van der Waals surface area contributed by atoms with Crippen LogP contribution in [-0.2, 0) is 0 Å². The van der Waals surface area contributed by atoms with Crippen molar-refractivity contribution in [1.29, 1.82) is 0 Å². The van der Waals surface area contributed by atoms with E-state index in [0.717, 1.165) is 12.8 Å². The lowest BCUT2D eigenvalue weighted by Gasteiger charge is -2.28. The number of pyridine rings is 1. The van der Waals surface area contributed by atoms with Crippen molar-refractivity contribution < 1.29 is 0 Å². The molecule has 0 amide bonds. The Morgan fingerprint density at radius 2 is 2.19 bits per heavy atom. The lowest BCUT2D eigenvalue weighted by Crippen LogP contribution is -2.22. The zero-order valence-electron chi connectivity index (χ0n) is 8.56. The smallest absolute Gasteiger partial charge is 0.282 e. The van der Waals surface area contributed by atoms with Crippen LogP contribution in [0.25, 0.3) is 11.0 Å². The minimum Gasteiger partial charge on any atom is -0.313 e. The Bertz CT molecular complexity index is 604. The van der Waals surface area contributed by atoms with Gasteiger partial charge in [0.25, 0.3) is 5.56 Å². The van der Waals surface area contributed by atoms with Crippen LogP contribution >= 0.6 is 11.6 Å². The summed E-state index contributed by atoms with van der Waals surface area (Å²) in [5, 5.41) is 0.972. The van der Waals surface area contributed by atoms with Gasteiger partial charge in [0.2, 0.25) is 0 Å². The van der Waals surface area contributed by atoms with Gasteiger partial charge < -0.3 is 4.57 Å². The molecule has 0 spiro atoms. The fourth-order valence-corrected chi connectivity index (χ4v) is 2.12. The van der Waals surface area contributed by atoms with Crippen molar-refractivity contribution in [2.45, 2.75) is 25.3 Å². The largest absolute Gasteiger partial charge is 0.313 e. The van der Waals surface area contributed by atoms with E-state index in [1.807, 2.05) is 4.57 Å². The first-order chi connectivity index (χ1) is 7.75. The molecule has 1 saturated carbocycles. The molecule has 2 heterocycles. The maximum Gasteiger partial charge on any atom is 0.282 e. The third-order valence-corrected chi connectivity index (χ3v) is 3.28. The highest BCUT2D eigenvalue weighted by Gasteiger charge is 2.21. The first-order valence-electron chi connectivity index (χ1n) is 5.28. The molecular formula is C11H10ClN3O. The van der Waals surface area contributed by atoms with E-state index in [1.54, 1.807) is 18.6 Å². The van der Waals surface area contributed by atoms with Crippen molar-refractivity contribution >= 4 is 22.6 Å². The molecule has 0 unspecified atom stereocenters. The Kier molecular flexibility index (Phi) is 2.17. The van der Waals surface area contributed by atoms with Crippen molar-refractivity contribution in [1.82, 2.24) is 14.5 Å². The second kappa shape index (κ2) is 3.56. The number of nitrogens with zero attached hydrogens (tertiary/aromatic N) is 3. The second-order valence-corrected chi connectivity index (χ2v) is 4.50. The standard InChI is InChI=1S/C11H10ClN3O/c12-7-4-9-10(13-5-7)15(6-14-11(9)16)8-2-1-3-8/h4-6,8H,1-3H2. The van der Waals surface area contributed by atoms with Crippen LogP contribution in [0.5, 0.6) is 0 Å². The highest BCUT2D eigenvalue weighted by atomic mass is 35.5. The summed E-state index contributed by atoms with van der Waals surface area (Å²) in [4.78, 5) is 19.7. The zero-order chi connectivity index (χ0) is 11.1. The SMILES string of the molecule is O=c1ncn(C2CCC2)c2ncc(Cl)cc12. The van der Waals surface area contributed by atoms with Gasteiger partial charge in [0.1, 0.15) is 12.0 Å². The van der Waals surface area contributed by atoms with Gasteiger partial charge in [0.15, 0.2) is 0 Å². The van der Waals surface area contributed by atoms with Crippen LogP contribution in [0.4, 0.5) is 0 Å². The molecule has 2 aromatic rings. The van der Waals surface area contributed by atoms with Crippen molar-refractivity contribution in [2.75, 3.05) is 0 Å². The van der Waals surface area contributed by atoms with E-state index in [4.69, 9.17) is 11.6 Å². The van der Waals surface area contributed by atoms with E-state index in [1.165, 1.54) is 6.42 Å². The number of hydrogen-bond donors (Lipinski definition) is 0. The highest BCUT2D eigenvalue weighted by Crippen LogP contribution is 2.32. The normalized spacial score (nSPS) is 16.3. The number of rotatable bonds is 1. The molecule has 0 saturated heterocycles. The molecule has 5 heteroatoms. The number of aromatic nitrogens is 3. The van der Waals surface area contributed by atoms with E-state index in [-0.39, 0.29) is 5.56 Å². The molecule has 3 rings (SSSR count). The van der Waals surface area contributed by atoms with Crippen LogP contribution in [-0.4, -0.2) is 14.5 Å². The fourth-order valence-electron chi connectivity index (χ4n) is 1.97. The molecule has 4 nitrogen and oxygen atoms in total. The Balaban J connectivity index is 2.30. The Morgan fingerprint density at radius 1 is 1.38 bits per heavy atom. The van der Waals surface area contributed by atoms with Crippen LogP contribution in [0.1, 0.15) is 25.3 Å². The zero-order valence-corrected chi connectivity index (χ0v) is 9.31. The minimum absolute atomic E-state index is 0.263. The molecule has 2 aromatic heterocycles. The molecule has 0 bridgehead atoms. The topological polar surface area (TPSA) is 47.8 Å². The monoisotopic (exact) mass is 235 g/mol. The van der Waals surface area contributed by atoms with Gasteiger partial charge in [-0.25, -0.2) is 4.98 Å². The second-order valence-electron chi connectivity index (χ2n) is 4.07. The molecule has 82 valence electrons. The molecule has 0 N–H and O–H groups in total. The van der Waals surface area contributed by atoms with Gasteiger partial charge in [-0.3, -0.25) is 4.79 Å². The summed E-state index contributed by atoms with van der Waals surface area (Å²) in [5.74, 6) is 0. The number of halogens is 1. The van der Waals surface area contributed by atoms with E-state index < -0.39 is 0 Å². The summed E-state index contributed by atoms with van der Waals surface area (Å²) >= 11 is 5.83. The van der Waals surface area contributed by atoms with Crippen LogP contribution in [0, 0.1) is 0 Å². The van der Waals surface area contributed by atoms with Crippen LogP contribution < -0.4 is 5.56 Å². The third kappa shape index (κ3) is 1.41. The van der Waals surface area contributed by atoms with Crippen molar-refractivity contribution in [3.63, 3.8) is 0 Å². The van der Waals surface area contributed by atoms with E-state index in [9.17, 15) is 4.79 Å². The average molecular weight is 236 g/mol. The molecule has 1 fully saturated rings. The van der Waals surface area contributed by atoms with Crippen molar-refractivity contribution in [3.8, 4) is 0 Å². The number of hydrogen-bond acceptors (Lipinski definition) is 3. The average Bonchev–Trinajstić information content (AvgIpc) is 2.20. The van der Waals surface area contributed by atoms with E-state index in [2.05, 4.69) is 9.97 Å². The first-order valence-corrected chi connectivity index (χ1v) is 5.66. The summed E-state index contributed by atoms with van der Waals surface area (Å²) < 4.78 is 1.98. The molecule has 0 atom stereocenters. The molecule has 0 aliphatic heterocycles. The Labute approximate surface area is 96.9 Å². The van der Waals surface area contributed by atoms with Gasteiger partial charge in [-0.2, -0.15) is 4.98 Å². The lowest BCUT2D eigenvalue weighted by atomic mass is 9.93. The molecule has 0 aromatic carbocycles. The highest BCUT2D eigenvalue weighted by molar-refractivity contribution is 6.31. The van der Waals surface area contributed by atoms with E-state index >= 15 is 0 Å². The minimum atomic E-state index is -0.263. The maximum atomic E-state index is 11.6. The van der Waals surface area contributed by atoms with Gasteiger partial charge in [0.05, 0.1) is 10.4 Å². The predicted molar refractivity (Wildman–Crippen MR) is 61.7 cm³/mol. The molecule has 1 aliphatic carbocycles. The summed E-state index contributed by atoms with van der Waals surface area (Å²) in [7, 11) is 0. The predicted octanol–water partition coefficient (Wildman–Crippen LogP) is 2.17. The quantitative estimate of drug-likeness (QED) is 0.761. The van der Waals surface area contributed by atoms with Crippen molar-refractivity contribution in [3.05, 3.63) is 34.0 Å². The van der Waals surface area contributed by atoms with Gasteiger partial charge >= 0.3 is 0 Å². The maximum absolute atomic E-state index is 11.6. The number of fused-ring (bicyclic) bond motifs is 1. The lowest BCUT2D eigenvalue weighted by molar-refractivity contribution is 0.316. The van der Waals surface area contributed by atoms with Gasteiger partial charge in [-0.1, -0.05) is 11.6 Å². The molecule has 1 aliphatic rings. The summed E-state index contributed by atoms with van der Waals surface area (Å²) in [5.41, 5.74) is 0.426. The van der Waals surface area contributed by atoms with Crippen LogP contribution in [0.2, 0.25) is 5.02 Å². The van der Waals surface area contributed by atoms with E-state index in [0.29, 0.717) is 22.1 Å². The van der Waals surface area contributed by atoms with Gasteiger partial charge in [0, 0.05) is 12.2 Å². The summed E-state index contributed by atoms with van der Waals surface area (Å²) in [6, 6.07) is 2.07. The summed E-state index contributed by atoms with van der Waals surface area (Å²) in [6.07, 6.45) is 6.65. The fraction of sp³-hybridized carbons (Fsp3) is 0.364. The molecule has 0 radical (unpaired) electrons. The van der Waals surface area contributed by atoms with Gasteiger partial charge in [-0.15, -0.1) is 0 Å². The van der Waals surface area contributed by atoms with Gasteiger partial charge in [-0.05, 0) is 25.3 Å². The Morgan fingerprint density at radius 3 is 2.88 bits per heavy atom. The van der Waals surface area contributed by atoms with Crippen LogP contribution in [0.3, 0.4) is 0 Å². The first kappa shape index (κ1) is 9.78. The molecular weight excluding hydrogens is 226 g/mol. The van der Waals surface area contributed by atoms with Crippen molar-refractivity contribution in [2.24, 2.45) is 0 Å². The Hall–Kier alpha value is -1.42. The third-order valence-electron chi connectivity index (χ3n) is 3.08.